The zero-order valence-corrected chi connectivity index (χ0v) is 27.8. The lowest BCUT2D eigenvalue weighted by atomic mass is 10.0. The number of para-hydroxylation sites is 2. The Morgan fingerprint density at radius 1 is 0.312 bits per heavy atom. The molecule has 7 aromatic carbocycles. The maximum Gasteiger partial charge on any atom is 0.0548 e. The van der Waals surface area contributed by atoms with E-state index in [-0.39, 0.29) is 0 Å². The van der Waals surface area contributed by atoms with Crippen LogP contribution in [0.25, 0.3) is 77.2 Å². The molecule has 2 aromatic heterocycles. The van der Waals surface area contributed by atoms with E-state index in [4.69, 9.17) is 0 Å². The van der Waals surface area contributed by atoms with E-state index in [0.29, 0.717) is 0 Å². The highest BCUT2D eigenvalue weighted by Gasteiger charge is 2.20. The topological polar surface area (TPSA) is 9.86 Å². The molecule has 0 bridgehead atoms. The minimum Gasteiger partial charge on any atom is -0.309 e. The van der Waals surface area contributed by atoms with Crippen LogP contribution in [0.15, 0.2) is 146 Å². The molecule has 0 radical (unpaired) electrons. The fourth-order valence-electron chi connectivity index (χ4n) is 7.52. The molecule has 9 rings (SSSR count). The monoisotopic (exact) mass is 616 g/mol. The maximum atomic E-state index is 2.43. The van der Waals surface area contributed by atoms with Crippen LogP contribution < -0.4 is 0 Å². The van der Waals surface area contributed by atoms with Gasteiger partial charge in [-0.15, -0.1) is 0 Å². The van der Waals surface area contributed by atoms with Crippen molar-refractivity contribution >= 4 is 43.6 Å². The van der Waals surface area contributed by atoms with E-state index in [9.17, 15) is 0 Å². The van der Waals surface area contributed by atoms with E-state index < -0.39 is 0 Å². The Morgan fingerprint density at radius 3 is 1.08 bits per heavy atom. The van der Waals surface area contributed by atoms with Gasteiger partial charge in [0.25, 0.3) is 0 Å². The second-order valence-corrected chi connectivity index (χ2v) is 13.3. The molecule has 230 valence electrons. The molecule has 2 heteroatoms. The number of rotatable bonds is 4. The molecular weight excluding hydrogens is 581 g/mol. The highest BCUT2D eigenvalue weighted by Crippen LogP contribution is 2.42. The first kappa shape index (κ1) is 28.4. The van der Waals surface area contributed by atoms with Gasteiger partial charge in [0.2, 0.25) is 0 Å². The summed E-state index contributed by atoms with van der Waals surface area (Å²) in [5.74, 6) is 0. The molecule has 2 nitrogen and oxygen atoms in total. The van der Waals surface area contributed by atoms with Gasteiger partial charge >= 0.3 is 0 Å². The summed E-state index contributed by atoms with van der Waals surface area (Å²) in [6, 6.07) is 53.9. The Bertz CT molecular complexity index is 2490. The SMILES string of the molecule is Cc1ccc(-c2ccc(-n3c4ccccc4c4c5c6ccccc6n(-c6ccc(-c7ccc(C)c(C)c7)cc6)c5ccc43)cc2)cc1C. The summed E-state index contributed by atoms with van der Waals surface area (Å²) in [5, 5.41) is 5.12. The third-order valence-corrected chi connectivity index (χ3v) is 10.4. The summed E-state index contributed by atoms with van der Waals surface area (Å²) in [7, 11) is 0. The average Bonchev–Trinajstić information content (AvgIpc) is 3.64. The van der Waals surface area contributed by atoms with Crippen LogP contribution >= 0.6 is 0 Å². The van der Waals surface area contributed by atoms with Crippen molar-refractivity contribution in [1.82, 2.24) is 9.13 Å². The van der Waals surface area contributed by atoms with Crippen LogP contribution in [0.4, 0.5) is 0 Å². The second-order valence-electron chi connectivity index (χ2n) is 13.3. The van der Waals surface area contributed by atoms with Crippen LogP contribution in [-0.4, -0.2) is 9.13 Å². The highest BCUT2D eigenvalue weighted by atomic mass is 15.0. The van der Waals surface area contributed by atoms with E-state index in [0.717, 1.165) is 0 Å². The van der Waals surface area contributed by atoms with Gasteiger partial charge in [-0.05, 0) is 121 Å². The van der Waals surface area contributed by atoms with E-state index in [2.05, 4.69) is 182 Å². The summed E-state index contributed by atoms with van der Waals surface area (Å²) < 4.78 is 4.86. The van der Waals surface area contributed by atoms with Gasteiger partial charge in [0.05, 0.1) is 22.1 Å². The molecule has 0 amide bonds. The molecular formula is C46H36N2. The molecule has 0 fully saturated rings. The first-order valence-corrected chi connectivity index (χ1v) is 16.8. The van der Waals surface area contributed by atoms with E-state index in [1.54, 1.807) is 0 Å². The third kappa shape index (κ3) is 4.33. The van der Waals surface area contributed by atoms with Crippen molar-refractivity contribution in [2.24, 2.45) is 0 Å². The van der Waals surface area contributed by atoms with Crippen LogP contribution in [0.2, 0.25) is 0 Å². The van der Waals surface area contributed by atoms with Gasteiger partial charge in [-0.25, -0.2) is 0 Å². The van der Waals surface area contributed by atoms with Crippen LogP contribution in [-0.2, 0) is 0 Å². The average molecular weight is 617 g/mol. The van der Waals surface area contributed by atoms with Gasteiger partial charge in [0.1, 0.15) is 0 Å². The van der Waals surface area contributed by atoms with E-state index >= 15 is 0 Å². The number of nitrogens with zero attached hydrogens (tertiary/aromatic N) is 2. The summed E-state index contributed by atoms with van der Waals surface area (Å²) in [5.41, 5.74) is 17.5. The van der Waals surface area contributed by atoms with Crippen molar-refractivity contribution in [3.05, 3.63) is 168 Å². The molecule has 0 N–H and O–H groups in total. The Morgan fingerprint density at radius 2 is 0.688 bits per heavy atom. The Balaban J connectivity index is 1.24. The highest BCUT2D eigenvalue weighted by molar-refractivity contribution is 6.28. The Hall–Kier alpha value is -5.86. The van der Waals surface area contributed by atoms with Gasteiger partial charge in [-0.3, -0.25) is 0 Å². The number of hydrogen-bond acceptors (Lipinski definition) is 0. The maximum absolute atomic E-state index is 2.43. The first-order chi connectivity index (χ1) is 23.5. The predicted octanol–water partition coefficient (Wildman–Crippen LogP) is 12.4. The second kappa shape index (κ2) is 10.9. The molecule has 0 atom stereocenters. The van der Waals surface area contributed by atoms with Crippen LogP contribution in [0.5, 0.6) is 0 Å². The molecule has 0 aliphatic carbocycles. The summed E-state index contributed by atoms with van der Waals surface area (Å²) in [6.45, 7) is 8.71. The van der Waals surface area contributed by atoms with Gasteiger partial charge in [-0.1, -0.05) is 97.1 Å². The van der Waals surface area contributed by atoms with Gasteiger partial charge in [-0.2, -0.15) is 0 Å². The molecule has 0 aliphatic heterocycles. The third-order valence-electron chi connectivity index (χ3n) is 10.4. The van der Waals surface area contributed by atoms with E-state index in [1.165, 1.54) is 99.5 Å². The van der Waals surface area contributed by atoms with Crippen molar-refractivity contribution in [3.8, 4) is 33.6 Å². The molecule has 0 spiro atoms. The van der Waals surface area contributed by atoms with Crippen molar-refractivity contribution in [2.45, 2.75) is 27.7 Å². The number of aryl methyl sites for hydroxylation is 4. The Labute approximate surface area is 281 Å². The van der Waals surface area contributed by atoms with Gasteiger partial charge in [0, 0.05) is 32.9 Å². The molecule has 0 saturated carbocycles. The predicted molar refractivity (Wildman–Crippen MR) is 205 cm³/mol. The van der Waals surface area contributed by atoms with Crippen molar-refractivity contribution in [1.29, 1.82) is 0 Å². The number of aromatic nitrogens is 2. The van der Waals surface area contributed by atoms with Gasteiger partial charge in [0.15, 0.2) is 0 Å². The smallest absolute Gasteiger partial charge is 0.0548 e. The van der Waals surface area contributed by atoms with Crippen molar-refractivity contribution in [2.75, 3.05) is 0 Å². The van der Waals surface area contributed by atoms with E-state index in [1.807, 2.05) is 0 Å². The quantitative estimate of drug-likeness (QED) is 0.186. The molecule has 0 saturated heterocycles. The fraction of sp³-hybridized carbons (Fsp3) is 0.0870. The minimum absolute atomic E-state index is 1.17. The normalized spacial score (nSPS) is 11.8. The number of benzene rings is 7. The van der Waals surface area contributed by atoms with Crippen LogP contribution in [0.1, 0.15) is 22.3 Å². The number of fused-ring (bicyclic) bond motifs is 7. The molecule has 0 unspecified atom stereocenters. The van der Waals surface area contributed by atoms with Crippen molar-refractivity contribution in [3.63, 3.8) is 0 Å². The fourth-order valence-corrected chi connectivity index (χ4v) is 7.52. The standard InChI is InChI=1S/C46H36N2/c1-29-13-15-35(27-31(29)3)33-17-21-37(22-18-33)47-41-11-7-5-9-39(41)45-43(47)25-26-44-46(45)40-10-6-8-12-42(40)48(44)38-23-19-34(20-24-38)36-16-14-30(2)32(4)28-36/h5-28H,1-4H3. The first-order valence-electron chi connectivity index (χ1n) is 16.8. The van der Waals surface area contributed by atoms with Crippen LogP contribution in [0.3, 0.4) is 0 Å². The molecule has 9 aromatic rings. The molecule has 2 heterocycles. The zero-order chi connectivity index (χ0) is 32.5. The van der Waals surface area contributed by atoms with Crippen LogP contribution in [0, 0.1) is 27.7 Å². The molecule has 48 heavy (non-hydrogen) atoms. The minimum atomic E-state index is 1.17. The lowest BCUT2D eigenvalue weighted by Gasteiger charge is -2.11. The number of hydrogen-bond donors (Lipinski definition) is 0. The van der Waals surface area contributed by atoms with Gasteiger partial charge < -0.3 is 9.13 Å². The van der Waals surface area contributed by atoms with Crippen molar-refractivity contribution < 1.29 is 0 Å². The lowest BCUT2D eigenvalue weighted by Crippen LogP contribution is -1.95. The lowest BCUT2D eigenvalue weighted by molar-refractivity contribution is 1.17. The summed E-state index contributed by atoms with van der Waals surface area (Å²) in [6.07, 6.45) is 0. The summed E-state index contributed by atoms with van der Waals surface area (Å²) in [4.78, 5) is 0. The largest absolute Gasteiger partial charge is 0.309 e. The molecule has 0 aliphatic rings. The summed E-state index contributed by atoms with van der Waals surface area (Å²) >= 11 is 0. The Kier molecular flexibility index (Phi) is 6.42. The zero-order valence-electron chi connectivity index (χ0n) is 27.8.